The average molecular weight is 356 g/mol. The fourth-order valence-corrected chi connectivity index (χ4v) is 3.74. The second-order valence-electron chi connectivity index (χ2n) is 5.47. The Morgan fingerprint density at radius 2 is 2.17 bits per heavy atom. The number of aromatic nitrogens is 3. The standard InChI is InChI=1S/C17H14ClN5S/c1-10-9-24-17-21-11(2)16(23(10)17)8-20-22-14-5-6-19-15-7-12(18)3-4-13(14)15/h3-9H,1-2H3,(H,19,22)/b20-8+. The molecule has 120 valence electrons. The predicted octanol–water partition coefficient (Wildman–Crippen LogP) is 4.66. The van der Waals surface area contributed by atoms with Crippen molar-refractivity contribution in [2.24, 2.45) is 5.10 Å². The highest BCUT2D eigenvalue weighted by Crippen LogP contribution is 2.24. The first-order chi connectivity index (χ1) is 11.6. The van der Waals surface area contributed by atoms with E-state index in [4.69, 9.17) is 11.6 Å². The topological polar surface area (TPSA) is 54.6 Å². The maximum Gasteiger partial charge on any atom is 0.194 e. The van der Waals surface area contributed by atoms with Gasteiger partial charge < -0.3 is 0 Å². The molecule has 0 aliphatic rings. The first-order valence-electron chi connectivity index (χ1n) is 7.40. The van der Waals surface area contributed by atoms with Crippen LogP contribution in [-0.4, -0.2) is 20.6 Å². The Bertz CT molecular complexity index is 1080. The molecular weight excluding hydrogens is 342 g/mol. The Kier molecular flexibility index (Phi) is 3.70. The van der Waals surface area contributed by atoms with Crippen LogP contribution in [0.3, 0.4) is 0 Å². The van der Waals surface area contributed by atoms with Crippen LogP contribution in [0.5, 0.6) is 0 Å². The van der Waals surface area contributed by atoms with Crippen LogP contribution in [-0.2, 0) is 0 Å². The molecule has 0 amide bonds. The number of imidazole rings is 1. The third kappa shape index (κ3) is 2.53. The summed E-state index contributed by atoms with van der Waals surface area (Å²) in [5, 5.41) is 8.13. The highest BCUT2D eigenvalue weighted by Gasteiger charge is 2.10. The fraction of sp³-hybridized carbons (Fsp3) is 0.118. The number of nitrogens with zero attached hydrogens (tertiary/aromatic N) is 4. The minimum Gasteiger partial charge on any atom is -0.286 e. The van der Waals surface area contributed by atoms with Gasteiger partial charge in [0, 0.05) is 27.7 Å². The molecule has 5 nitrogen and oxygen atoms in total. The number of anilines is 1. The number of hydrogen-bond donors (Lipinski definition) is 1. The van der Waals surface area contributed by atoms with Crippen LogP contribution in [0.25, 0.3) is 15.9 Å². The Morgan fingerprint density at radius 3 is 3.04 bits per heavy atom. The lowest BCUT2D eigenvalue weighted by Crippen LogP contribution is -1.97. The molecule has 24 heavy (non-hydrogen) atoms. The molecule has 4 aromatic rings. The molecule has 0 fully saturated rings. The number of hydrazone groups is 1. The molecule has 1 aromatic carbocycles. The summed E-state index contributed by atoms with van der Waals surface area (Å²) in [6.07, 6.45) is 3.54. The van der Waals surface area contributed by atoms with E-state index in [0.29, 0.717) is 5.02 Å². The van der Waals surface area contributed by atoms with Crippen molar-refractivity contribution in [2.75, 3.05) is 5.43 Å². The molecule has 0 radical (unpaired) electrons. The van der Waals surface area contributed by atoms with E-state index >= 15 is 0 Å². The van der Waals surface area contributed by atoms with Gasteiger partial charge in [0.2, 0.25) is 0 Å². The zero-order valence-corrected chi connectivity index (χ0v) is 14.7. The van der Waals surface area contributed by atoms with Gasteiger partial charge in [0.1, 0.15) is 0 Å². The molecule has 0 aliphatic carbocycles. The lowest BCUT2D eigenvalue weighted by molar-refractivity contribution is 1.11. The van der Waals surface area contributed by atoms with Crippen LogP contribution >= 0.6 is 22.9 Å². The fourth-order valence-electron chi connectivity index (χ4n) is 2.66. The molecule has 1 N–H and O–H groups in total. The van der Waals surface area contributed by atoms with Crippen molar-refractivity contribution in [1.29, 1.82) is 0 Å². The number of benzene rings is 1. The van der Waals surface area contributed by atoms with Gasteiger partial charge in [-0.1, -0.05) is 11.6 Å². The van der Waals surface area contributed by atoms with Gasteiger partial charge in [-0.2, -0.15) is 5.10 Å². The van der Waals surface area contributed by atoms with Crippen LogP contribution in [0.4, 0.5) is 5.69 Å². The maximum absolute atomic E-state index is 6.02. The molecule has 0 aliphatic heterocycles. The normalized spacial score (nSPS) is 11.8. The largest absolute Gasteiger partial charge is 0.286 e. The van der Waals surface area contributed by atoms with Gasteiger partial charge in [-0.25, -0.2) is 4.98 Å². The second kappa shape index (κ2) is 5.89. The van der Waals surface area contributed by atoms with Crippen molar-refractivity contribution in [3.63, 3.8) is 0 Å². The number of aryl methyl sites for hydroxylation is 2. The minimum absolute atomic E-state index is 0.667. The number of thiazole rings is 1. The zero-order chi connectivity index (χ0) is 16.7. The molecule has 0 bridgehead atoms. The van der Waals surface area contributed by atoms with Gasteiger partial charge >= 0.3 is 0 Å². The summed E-state index contributed by atoms with van der Waals surface area (Å²) in [7, 11) is 0. The Hall–Kier alpha value is -2.44. The predicted molar refractivity (Wildman–Crippen MR) is 101 cm³/mol. The van der Waals surface area contributed by atoms with Crippen molar-refractivity contribution in [3.05, 3.63) is 57.9 Å². The van der Waals surface area contributed by atoms with E-state index < -0.39 is 0 Å². The minimum atomic E-state index is 0.667. The van der Waals surface area contributed by atoms with Gasteiger partial charge in [0.25, 0.3) is 0 Å². The van der Waals surface area contributed by atoms with Crippen molar-refractivity contribution < 1.29 is 0 Å². The third-order valence-electron chi connectivity index (χ3n) is 3.83. The van der Waals surface area contributed by atoms with E-state index in [2.05, 4.69) is 37.2 Å². The number of nitrogens with one attached hydrogen (secondary N) is 1. The lowest BCUT2D eigenvalue weighted by Gasteiger charge is -2.05. The quantitative estimate of drug-likeness (QED) is 0.429. The van der Waals surface area contributed by atoms with Crippen molar-refractivity contribution in [1.82, 2.24) is 14.4 Å². The first-order valence-corrected chi connectivity index (χ1v) is 8.66. The molecule has 0 atom stereocenters. The Morgan fingerprint density at radius 1 is 1.29 bits per heavy atom. The molecule has 3 aromatic heterocycles. The van der Waals surface area contributed by atoms with Gasteiger partial charge in [0.15, 0.2) is 4.96 Å². The number of pyridine rings is 1. The Labute approximate surface area is 147 Å². The summed E-state index contributed by atoms with van der Waals surface area (Å²) >= 11 is 7.65. The molecule has 7 heteroatoms. The van der Waals surface area contributed by atoms with E-state index in [0.717, 1.165) is 38.6 Å². The summed E-state index contributed by atoms with van der Waals surface area (Å²) in [4.78, 5) is 9.87. The summed E-state index contributed by atoms with van der Waals surface area (Å²) in [6, 6.07) is 7.51. The monoisotopic (exact) mass is 355 g/mol. The molecule has 3 heterocycles. The smallest absolute Gasteiger partial charge is 0.194 e. The SMILES string of the molecule is Cc1nc2scc(C)n2c1/C=N/Nc1ccnc2cc(Cl)ccc12. The summed E-state index contributed by atoms with van der Waals surface area (Å²) in [5.74, 6) is 0. The van der Waals surface area contributed by atoms with Crippen LogP contribution in [0.2, 0.25) is 5.02 Å². The van der Waals surface area contributed by atoms with Gasteiger partial charge in [-0.05, 0) is 38.1 Å². The maximum atomic E-state index is 6.02. The molecule has 0 unspecified atom stereocenters. The highest BCUT2D eigenvalue weighted by molar-refractivity contribution is 7.15. The van der Waals surface area contributed by atoms with Crippen LogP contribution in [0.1, 0.15) is 17.1 Å². The lowest BCUT2D eigenvalue weighted by atomic mass is 10.2. The van der Waals surface area contributed by atoms with Gasteiger partial charge in [0.05, 0.1) is 28.8 Å². The zero-order valence-electron chi connectivity index (χ0n) is 13.1. The third-order valence-corrected chi connectivity index (χ3v) is 5.01. The molecule has 0 spiro atoms. The number of hydrogen-bond acceptors (Lipinski definition) is 5. The van der Waals surface area contributed by atoms with Crippen LogP contribution < -0.4 is 5.43 Å². The summed E-state index contributed by atoms with van der Waals surface area (Å²) in [6.45, 7) is 4.06. The van der Waals surface area contributed by atoms with E-state index in [-0.39, 0.29) is 0 Å². The molecule has 0 saturated carbocycles. The van der Waals surface area contributed by atoms with Crippen molar-refractivity contribution in [3.8, 4) is 0 Å². The Balaban J connectivity index is 1.68. The van der Waals surface area contributed by atoms with Gasteiger partial charge in [-0.15, -0.1) is 11.3 Å². The number of rotatable bonds is 3. The number of fused-ring (bicyclic) bond motifs is 2. The highest BCUT2D eigenvalue weighted by atomic mass is 35.5. The first kappa shape index (κ1) is 15.1. The van der Waals surface area contributed by atoms with E-state index in [1.807, 2.05) is 31.2 Å². The van der Waals surface area contributed by atoms with Crippen LogP contribution in [0.15, 0.2) is 40.9 Å². The number of halogens is 1. The van der Waals surface area contributed by atoms with E-state index in [9.17, 15) is 0 Å². The van der Waals surface area contributed by atoms with E-state index in [1.54, 1.807) is 23.7 Å². The van der Waals surface area contributed by atoms with Gasteiger partial charge in [-0.3, -0.25) is 14.8 Å². The molecule has 4 rings (SSSR count). The molecular formula is C17H14ClN5S. The second-order valence-corrected chi connectivity index (χ2v) is 6.74. The van der Waals surface area contributed by atoms with Crippen LogP contribution in [0, 0.1) is 13.8 Å². The van der Waals surface area contributed by atoms with Crippen molar-refractivity contribution >= 4 is 50.7 Å². The summed E-state index contributed by atoms with van der Waals surface area (Å²) in [5.41, 5.74) is 7.91. The average Bonchev–Trinajstić information content (AvgIpc) is 3.07. The van der Waals surface area contributed by atoms with E-state index in [1.165, 1.54) is 0 Å². The molecule has 0 saturated heterocycles. The van der Waals surface area contributed by atoms with Crippen molar-refractivity contribution in [2.45, 2.75) is 13.8 Å². The summed E-state index contributed by atoms with van der Waals surface area (Å²) < 4.78 is 2.11.